The number of carboxylic acids is 6. The maximum atomic E-state index is 9.60. The molecule has 0 radical (unpaired) electrons. The van der Waals surface area contributed by atoms with Crippen molar-refractivity contribution in [2.24, 2.45) is 16.2 Å². The summed E-state index contributed by atoms with van der Waals surface area (Å²) in [6.07, 6.45) is 0. The Morgan fingerprint density at radius 2 is 0.403 bits per heavy atom. The molecule has 0 atom stereocenters. The van der Waals surface area contributed by atoms with E-state index in [0.717, 1.165) is 0 Å². The molecular formula is C39H70O23. The molecule has 0 bridgehead atoms. The Morgan fingerprint density at radius 3 is 0.452 bits per heavy atom. The van der Waals surface area contributed by atoms with E-state index in [-0.39, 0.29) is 46.7 Å². The Labute approximate surface area is 360 Å². The molecule has 0 aliphatic carbocycles. The predicted octanol–water partition coefficient (Wildman–Crippen LogP) is -1.25. The van der Waals surface area contributed by atoms with Gasteiger partial charge in [-0.3, -0.25) is 0 Å². The Hall–Kier alpha value is -5.18. The van der Waals surface area contributed by atoms with E-state index in [0.29, 0.717) is 0 Å². The van der Waals surface area contributed by atoms with Gasteiger partial charge in [-0.1, -0.05) is 39.5 Å². The molecule has 0 aromatic carbocycles. The molecule has 0 heterocycles. The molecule has 0 amide bonds. The minimum Gasteiger partial charge on any atom is -0.478 e. The second-order valence-corrected chi connectivity index (χ2v) is 13.1. The predicted molar refractivity (Wildman–Crippen MR) is 224 cm³/mol. The van der Waals surface area contributed by atoms with Crippen LogP contribution < -0.4 is 0 Å². The monoisotopic (exact) mass is 906 g/mol. The van der Waals surface area contributed by atoms with Crippen molar-refractivity contribution in [3.63, 3.8) is 0 Å². The normalized spacial score (nSPS) is 9.68. The summed E-state index contributed by atoms with van der Waals surface area (Å²) in [6, 6.07) is 0. The van der Waals surface area contributed by atoms with Crippen LogP contribution in [-0.2, 0) is 33.5 Å². The first-order valence-electron chi connectivity index (χ1n) is 17.2. The zero-order valence-corrected chi connectivity index (χ0v) is 36.2. The molecule has 0 saturated carbocycles. The summed E-state index contributed by atoms with van der Waals surface area (Å²) >= 11 is 0. The van der Waals surface area contributed by atoms with E-state index in [4.69, 9.17) is 86.4 Å². The number of hydrogen-bond acceptors (Lipinski definition) is 17. The maximum absolute atomic E-state index is 9.60. The first-order valence-corrected chi connectivity index (χ1v) is 17.2. The van der Waals surface area contributed by atoms with Crippen LogP contribution in [0.2, 0.25) is 0 Å². The van der Waals surface area contributed by atoms with Gasteiger partial charge < -0.3 is 86.4 Å². The van der Waals surface area contributed by atoms with Gasteiger partial charge in [0.1, 0.15) is 0 Å². The van der Waals surface area contributed by atoms with Crippen molar-refractivity contribution in [1.29, 1.82) is 0 Å². The second kappa shape index (κ2) is 43.9. The number of hydrogen-bond donors (Lipinski definition) is 16. The number of rotatable bonds is 20. The van der Waals surface area contributed by atoms with Crippen LogP contribution in [0.1, 0.15) is 41.5 Å². The third-order valence-electron chi connectivity index (χ3n) is 6.36. The van der Waals surface area contributed by atoms with Gasteiger partial charge in [0.15, 0.2) is 0 Å². The first kappa shape index (κ1) is 74.3. The molecule has 0 saturated heterocycles. The molecule has 0 spiro atoms. The largest absolute Gasteiger partial charge is 0.478 e. The zero-order chi connectivity index (χ0) is 51.6. The summed E-state index contributed by atoms with van der Waals surface area (Å²) in [4.78, 5) is 57.6. The summed E-state index contributed by atoms with van der Waals surface area (Å²) in [5.74, 6) is -5.61. The average Bonchev–Trinajstić information content (AvgIpc) is 3.21. The number of ether oxygens (including phenoxy) is 1. The third kappa shape index (κ3) is 49.2. The molecule has 0 unspecified atom stereocenters. The minimum absolute atomic E-state index is 0.141. The summed E-state index contributed by atoms with van der Waals surface area (Å²) in [5, 5.41) is 136. The van der Waals surface area contributed by atoms with Crippen LogP contribution in [0.4, 0.5) is 0 Å². The topological polar surface area (TPSA) is 435 Å². The molecule has 16 N–H and O–H groups in total. The zero-order valence-electron chi connectivity index (χ0n) is 36.2. The van der Waals surface area contributed by atoms with Gasteiger partial charge >= 0.3 is 35.8 Å². The van der Waals surface area contributed by atoms with Crippen LogP contribution in [0.3, 0.4) is 0 Å². The third-order valence-corrected chi connectivity index (χ3v) is 6.36. The second-order valence-electron chi connectivity index (χ2n) is 13.1. The van der Waals surface area contributed by atoms with Gasteiger partial charge in [-0.2, -0.15) is 0 Å². The fraction of sp³-hybridized carbons (Fsp3) is 0.538. The van der Waals surface area contributed by atoms with Crippen molar-refractivity contribution in [3.8, 4) is 0 Å². The molecule has 23 heteroatoms. The van der Waals surface area contributed by atoms with Crippen molar-refractivity contribution >= 4 is 35.8 Å². The van der Waals surface area contributed by atoms with Gasteiger partial charge in [0, 0.05) is 33.4 Å². The number of aliphatic carboxylic acids is 6. The highest BCUT2D eigenvalue weighted by molar-refractivity contribution is 5.86. The molecule has 0 aliphatic rings. The fourth-order valence-corrected chi connectivity index (χ4v) is 1.36. The standard InChI is InChI=1S/C10H22O7.C5H12O4.6C4H6O2/c11-1-9(2-12,3-13)7-17-8-10(4-14,5-15)6-16;6-1-5(2-7,3-8)4-9;6*1-3(2)4(5)6/h11-16H,1-8H2;6-9H,1-4H2;6*1H2,2H3,(H,5,6). The van der Waals surface area contributed by atoms with Crippen molar-refractivity contribution in [2.45, 2.75) is 41.5 Å². The van der Waals surface area contributed by atoms with Crippen LogP contribution in [0.25, 0.3) is 0 Å². The number of aliphatic hydroxyl groups excluding tert-OH is 10. The van der Waals surface area contributed by atoms with E-state index in [2.05, 4.69) is 39.5 Å². The van der Waals surface area contributed by atoms with E-state index in [1.54, 1.807) is 0 Å². The van der Waals surface area contributed by atoms with Crippen LogP contribution in [0.15, 0.2) is 72.9 Å². The summed E-state index contributed by atoms with van der Waals surface area (Å²) in [6.45, 7) is 23.0. The number of aliphatic hydroxyl groups is 10. The Bertz CT molecular complexity index is 1060. The van der Waals surface area contributed by atoms with E-state index in [1.807, 2.05) is 0 Å². The van der Waals surface area contributed by atoms with Crippen molar-refractivity contribution < 1.29 is 115 Å². The lowest BCUT2D eigenvalue weighted by atomic mass is 9.91. The van der Waals surface area contributed by atoms with E-state index >= 15 is 0 Å². The highest BCUT2D eigenvalue weighted by atomic mass is 16.5. The van der Waals surface area contributed by atoms with Gasteiger partial charge in [0.2, 0.25) is 0 Å². The SMILES string of the molecule is C=C(C)C(=O)O.C=C(C)C(=O)O.C=C(C)C(=O)O.C=C(C)C(=O)O.C=C(C)C(=O)O.C=C(C)C(=O)O.OCC(CO)(CO)CO.OCC(CO)(CO)COCC(CO)(CO)CO. The van der Waals surface area contributed by atoms with Crippen LogP contribution in [0.5, 0.6) is 0 Å². The molecule has 0 aliphatic heterocycles. The van der Waals surface area contributed by atoms with Crippen molar-refractivity contribution in [2.75, 3.05) is 79.3 Å². The molecule has 0 aromatic rings. The molecular weight excluding hydrogens is 836 g/mol. The lowest BCUT2D eigenvalue weighted by Crippen LogP contribution is -2.43. The molecule has 0 aromatic heterocycles. The number of carbonyl (C=O) groups is 6. The molecule has 0 rings (SSSR count). The highest BCUT2D eigenvalue weighted by Crippen LogP contribution is 2.19. The Morgan fingerprint density at radius 1 is 0.306 bits per heavy atom. The summed E-state index contributed by atoms with van der Waals surface area (Å²) in [7, 11) is 0. The molecule has 62 heavy (non-hydrogen) atoms. The van der Waals surface area contributed by atoms with Crippen molar-refractivity contribution in [3.05, 3.63) is 72.9 Å². The average molecular weight is 907 g/mol. The van der Waals surface area contributed by atoms with Gasteiger partial charge in [-0.25, -0.2) is 28.8 Å². The van der Waals surface area contributed by atoms with E-state index in [1.165, 1.54) is 41.5 Å². The van der Waals surface area contributed by atoms with Gasteiger partial charge in [0.25, 0.3) is 0 Å². The maximum Gasteiger partial charge on any atom is 0.330 e. The van der Waals surface area contributed by atoms with Crippen molar-refractivity contribution in [1.82, 2.24) is 0 Å². The van der Waals surface area contributed by atoms with Crippen LogP contribution >= 0.6 is 0 Å². The fourth-order valence-electron chi connectivity index (χ4n) is 1.36. The number of carboxylic acid groups (broad SMARTS) is 6. The smallest absolute Gasteiger partial charge is 0.330 e. The molecule has 23 nitrogen and oxygen atoms in total. The van der Waals surface area contributed by atoms with E-state index in [9.17, 15) is 28.8 Å². The lowest BCUT2D eigenvalue weighted by molar-refractivity contribution is -0.133. The highest BCUT2D eigenvalue weighted by Gasteiger charge is 2.33. The van der Waals surface area contributed by atoms with Gasteiger partial charge in [-0.15, -0.1) is 0 Å². The Balaban J connectivity index is -0.0000000938. The van der Waals surface area contributed by atoms with E-state index < -0.39 is 118 Å². The summed E-state index contributed by atoms with van der Waals surface area (Å²) in [5.41, 5.74) is -2.38. The first-order chi connectivity index (χ1) is 28.2. The molecule has 364 valence electrons. The summed E-state index contributed by atoms with van der Waals surface area (Å²) < 4.78 is 5.15. The quantitative estimate of drug-likeness (QED) is 0.0635. The van der Waals surface area contributed by atoms with Crippen LogP contribution in [-0.4, -0.2) is 197 Å². The van der Waals surface area contributed by atoms with Crippen LogP contribution in [0, 0.1) is 16.2 Å². The van der Waals surface area contributed by atoms with Gasteiger partial charge in [-0.05, 0) is 41.5 Å². The minimum atomic E-state index is -1.16. The Kier molecular flexibility index (Phi) is 52.6. The molecule has 0 fully saturated rings. The lowest BCUT2D eigenvalue weighted by Gasteiger charge is -2.31. The van der Waals surface area contributed by atoms with Gasteiger partial charge in [0.05, 0.1) is 95.5 Å².